The minimum Gasteiger partial charge on any atom is -0.394 e. The van der Waals surface area contributed by atoms with Crippen LogP contribution in [-0.2, 0) is 21.1 Å². The van der Waals surface area contributed by atoms with Gasteiger partial charge in [-0.3, -0.25) is 14.4 Å². The molecule has 3 N–H and O–H groups in total. The van der Waals surface area contributed by atoms with Crippen molar-refractivity contribution in [1.29, 1.82) is 0 Å². The number of aliphatic hydroxyl groups is 1. The number of aromatic nitrogens is 3. The van der Waals surface area contributed by atoms with Gasteiger partial charge in [0.1, 0.15) is 18.2 Å². The van der Waals surface area contributed by atoms with Crippen LogP contribution < -0.4 is 10.6 Å². The summed E-state index contributed by atoms with van der Waals surface area (Å²) in [6, 6.07) is 15.4. The zero-order valence-corrected chi connectivity index (χ0v) is 22.7. The van der Waals surface area contributed by atoms with E-state index in [2.05, 4.69) is 20.9 Å². The third-order valence-corrected chi connectivity index (χ3v) is 10.7. The van der Waals surface area contributed by atoms with Gasteiger partial charge in [0.05, 0.1) is 34.7 Å². The molecule has 3 aromatic rings. The summed E-state index contributed by atoms with van der Waals surface area (Å²) >= 11 is 1.61. The lowest BCUT2D eigenvalue weighted by Crippen LogP contribution is -2.56. The second-order valence-electron chi connectivity index (χ2n) is 10.8. The number of para-hydroxylation sites is 2. The van der Waals surface area contributed by atoms with Crippen LogP contribution in [0.5, 0.6) is 0 Å². The molecule has 3 aliphatic heterocycles. The molecule has 3 amide bonds. The molecule has 0 radical (unpaired) electrons. The molecule has 1 spiro atoms. The Morgan fingerprint density at radius 2 is 1.87 bits per heavy atom. The van der Waals surface area contributed by atoms with Gasteiger partial charge < -0.3 is 20.6 Å². The van der Waals surface area contributed by atoms with E-state index in [1.54, 1.807) is 21.3 Å². The maximum absolute atomic E-state index is 14.2. The van der Waals surface area contributed by atoms with E-state index in [1.165, 1.54) is 0 Å². The van der Waals surface area contributed by atoms with Crippen LogP contribution >= 0.6 is 11.8 Å². The van der Waals surface area contributed by atoms with E-state index in [0.29, 0.717) is 18.5 Å². The molecule has 3 saturated heterocycles. The molecule has 3 fully saturated rings. The van der Waals surface area contributed by atoms with Crippen molar-refractivity contribution in [3.63, 3.8) is 0 Å². The van der Waals surface area contributed by atoms with Gasteiger partial charge in [-0.05, 0) is 50.5 Å². The molecule has 2 bridgehead atoms. The van der Waals surface area contributed by atoms with Gasteiger partial charge in [-0.15, -0.1) is 16.9 Å². The Labute approximate surface area is 230 Å². The molecule has 4 heterocycles. The van der Waals surface area contributed by atoms with Crippen LogP contribution in [0.2, 0.25) is 0 Å². The van der Waals surface area contributed by atoms with Crippen molar-refractivity contribution in [3.05, 3.63) is 54.6 Å². The van der Waals surface area contributed by atoms with Crippen LogP contribution in [0.25, 0.3) is 11.0 Å². The predicted molar refractivity (Wildman–Crippen MR) is 147 cm³/mol. The third-order valence-electron chi connectivity index (χ3n) is 8.69. The Hall–Kier alpha value is -3.44. The van der Waals surface area contributed by atoms with Gasteiger partial charge in [0.2, 0.25) is 17.7 Å². The fourth-order valence-electron chi connectivity index (χ4n) is 6.90. The smallest absolute Gasteiger partial charge is 0.245 e. The topological polar surface area (TPSA) is 129 Å². The fourth-order valence-corrected chi connectivity index (χ4v) is 9.24. The van der Waals surface area contributed by atoms with E-state index < -0.39 is 33.4 Å². The Bertz CT molecular complexity index is 1430. The van der Waals surface area contributed by atoms with Gasteiger partial charge in [0, 0.05) is 10.4 Å². The molecule has 0 saturated carbocycles. The summed E-state index contributed by atoms with van der Waals surface area (Å²) in [5.74, 6) is -2.00. The van der Waals surface area contributed by atoms with E-state index in [9.17, 15) is 19.5 Å². The number of amides is 3. The average Bonchev–Trinajstić information content (AvgIpc) is 3.64. The Kier molecular flexibility index (Phi) is 6.38. The van der Waals surface area contributed by atoms with Gasteiger partial charge in [-0.25, -0.2) is 4.68 Å². The minimum atomic E-state index is -0.816. The standard InChI is InChI=1S/C28H32N6O4S/c1-3-18(15-35)34-23(25(37)29-16-33-20-12-8-7-11-19(20)31-32-33)28-14-13-27(2,39-28)21(22(28)26(34)38)24(36)30-17-9-5-4-6-10-17/h4-12,18,21-23,35H,3,13-16H2,1-2H3,(H,29,37)(H,30,36)/t18-,21+,22-,23?,27-,28?/m0/s1. The lowest BCUT2D eigenvalue weighted by Gasteiger charge is -2.36. The van der Waals surface area contributed by atoms with Crippen molar-refractivity contribution in [3.8, 4) is 0 Å². The van der Waals surface area contributed by atoms with Crippen LogP contribution in [0.4, 0.5) is 5.69 Å². The van der Waals surface area contributed by atoms with Gasteiger partial charge in [0.25, 0.3) is 0 Å². The molecule has 6 rings (SSSR count). The van der Waals surface area contributed by atoms with E-state index in [1.807, 2.05) is 68.4 Å². The molecular weight excluding hydrogens is 516 g/mol. The number of benzene rings is 2. The molecule has 11 heteroatoms. The minimum absolute atomic E-state index is 0.0917. The quantitative estimate of drug-likeness (QED) is 0.394. The maximum Gasteiger partial charge on any atom is 0.245 e. The van der Waals surface area contributed by atoms with Gasteiger partial charge in [-0.2, -0.15) is 0 Å². The highest BCUT2D eigenvalue weighted by molar-refractivity contribution is 8.02. The summed E-state index contributed by atoms with van der Waals surface area (Å²) in [4.78, 5) is 43.5. The van der Waals surface area contributed by atoms with Crippen LogP contribution in [0.3, 0.4) is 0 Å². The number of rotatable bonds is 8. The van der Waals surface area contributed by atoms with E-state index >= 15 is 0 Å². The molecule has 1 aromatic heterocycles. The van der Waals surface area contributed by atoms with Crippen molar-refractivity contribution in [2.24, 2.45) is 11.8 Å². The summed E-state index contributed by atoms with van der Waals surface area (Å²) in [6.45, 7) is 3.76. The van der Waals surface area contributed by atoms with Crippen molar-refractivity contribution in [2.75, 3.05) is 11.9 Å². The van der Waals surface area contributed by atoms with Crippen LogP contribution in [0, 0.1) is 11.8 Å². The fraction of sp³-hybridized carbons (Fsp3) is 0.464. The number of nitrogens with zero attached hydrogens (tertiary/aromatic N) is 4. The number of carbonyl (C=O) groups is 3. The average molecular weight is 549 g/mol. The van der Waals surface area contributed by atoms with E-state index in [4.69, 9.17) is 0 Å². The first-order valence-corrected chi connectivity index (χ1v) is 14.2. The molecule has 10 nitrogen and oxygen atoms in total. The van der Waals surface area contributed by atoms with Gasteiger partial charge in [0.15, 0.2) is 0 Å². The SMILES string of the molecule is CC[C@@H](CO)N1C(=O)[C@@H]2[C@H](C(=O)Nc3ccccc3)[C@]3(C)CCC2(S3)C1C(=O)NCn1nnc2ccccc21. The molecular formula is C28H32N6O4S. The van der Waals surface area contributed by atoms with Gasteiger partial charge >= 0.3 is 0 Å². The first kappa shape index (κ1) is 25.8. The first-order valence-electron chi connectivity index (χ1n) is 13.4. The van der Waals surface area contributed by atoms with E-state index in [0.717, 1.165) is 17.5 Å². The lowest BCUT2D eigenvalue weighted by molar-refractivity contribution is -0.142. The predicted octanol–water partition coefficient (Wildman–Crippen LogP) is 2.40. The highest BCUT2D eigenvalue weighted by Crippen LogP contribution is 2.71. The molecule has 2 unspecified atom stereocenters. The Balaban J connectivity index is 1.33. The van der Waals surface area contributed by atoms with Crippen LogP contribution in [0.15, 0.2) is 54.6 Å². The van der Waals surface area contributed by atoms with Crippen LogP contribution in [-0.4, -0.2) is 70.9 Å². The normalized spacial score (nSPS) is 30.0. The summed E-state index contributed by atoms with van der Waals surface area (Å²) in [6.07, 6.45) is 1.85. The maximum atomic E-state index is 14.2. The molecule has 39 heavy (non-hydrogen) atoms. The van der Waals surface area contributed by atoms with Crippen molar-refractivity contribution < 1.29 is 19.5 Å². The zero-order chi connectivity index (χ0) is 27.4. The highest BCUT2D eigenvalue weighted by Gasteiger charge is 2.77. The Morgan fingerprint density at radius 3 is 2.62 bits per heavy atom. The number of likely N-dealkylation sites (tertiary alicyclic amines) is 1. The van der Waals surface area contributed by atoms with Crippen molar-refractivity contribution in [1.82, 2.24) is 25.2 Å². The van der Waals surface area contributed by atoms with Crippen LogP contribution in [0.1, 0.15) is 33.1 Å². The summed E-state index contributed by atoms with van der Waals surface area (Å²) in [5.41, 5.74) is 2.18. The van der Waals surface area contributed by atoms with Crippen molar-refractivity contribution >= 4 is 46.2 Å². The number of carbonyl (C=O) groups excluding carboxylic acids is 3. The highest BCUT2D eigenvalue weighted by atomic mass is 32.2. The second kappa shape index (κ2) is 9.63. The number of anilines is 1. The monoisotopic (exact) mass is 548 g/mol. The second-order valence-corrected chi connectivity index (χ2v) is 12.7. The number of fused-ring (bicyclic) bond motifs is 2. The number of thioether (sulfide) groups is 1. The largest absolute Gasteiger partial charge is 0.394 e. The number of nitrogens with one attached hydrogen (secondary N) is 2. The summed E-state index contributed by atoms with van der Waals surface area (Å²) in [7, 11) is 0. The molecule has 204 valence electrons. The molecule has 6 atom stereocenters. The first-order chi connectivity index (χ1) is 18.8. The van der Waals surface area contributed by atoms with Crippen molar-refractivity contribution in [2.45, 2.75) is 61.4 Å². The third kappa shape index (κ3) is 3.93. The van der Waals surface area contributed by atoms with E-state index in [-0.39, 0.29) is 31.0 Å². The molecule has 2 aromatic carbocycles. The number of aliphatic hydroxyl groups excluding tert-OH is 1. The number of hydrogen-bond acceptors (Lipinski definition) is 7. The summed E-state index contributed by atoms with van der Waals surface area (Å²) < 4.78 is 0.373. The lowest BCUT2D eigenvalue weighted by atomic mass is 9.66. The number of hydrogen-bond donors (Lipinski definition) is 3. The molecule has 0 aliphatic carbocycles. The molecule has 3 aliphatic rings. The summed E-state index contributed by atoms with van der Waals surface area (Å²) in [5, 5.41) is 24.5. The van der Waals surface area contributed by atoms with Gasteiger partial charge in [-0.1, -0.05) is 42.5 Å². The zero-order valence-electron chi connectivity index (χ0n) is 21.9. The Morgan fingerprint density at radius 1 is 1.13 bits per heavy atom.